The number of nitrogens with zero attached hydrogens (tertiary/aromatic N) is 2. The van der Waals surface area contributed by atoms with Crippen LogP contribution in [0, 0.1) is 10.1 Å². The molecule has 0 radical (unpaired) electrons. The average molecular weight is 563 g/mol. The topological polar surface area (TPSA) is 96.5 Å². The van der Waals surface area contributed by atoms with Crippen LogP contribution in [0.5, 0.6) is 0 Å². The van der Waals surface area contributed by atoms with Crippen LogP contribution < -0.4 is 4.90 Å². The van der Waals surface area contributed by atoms with E-state index in [0.29, 0.717) is 34.6 Å². The predicted molar refractivity (Wildman–Crippen MR) is 151 cm³/mol. The third-order valence-electron chi connectivity index (χ3n) is 6.58. The first-order chi connectivity index (χ1) is 19.6. The van der Waals surface area contributed by atoms with Gasteiger partial charge in [0.2, 0.25) is 0 Å². The van der Waals surface area contributed by atoms with Crippen molar-refractivity contribution in [3.63, 3.8) is 0 Å². The van der Waals surface area contributed by atoms with Crippen molar-refractivity contribution in [1.82, 2.24) is 0 Å². The Hall–Kier alpha value is -4.86. The second-order valence-electron chi connectivity index (χ2n) is 9.24. The van der Waals surface area contributed by atoms with Gasteiger partial charge in [-0.2, -0.15) is 13.2 Å². The lowest BCUT2D eigenvalue weighted by Gasteiger charge is -2.31. The number of ether oxygens (including phenoxy) is 1. The molecule has 10 heteroatoms. The number of rotatable bonds is 5. The van der Waals surface area contributed by atoms with Crippen LogP contribution in [0.25, 0.3) is 16.9 Å². The Morgan fingerprint density at radius 2 is 1.66 bits per heavy atom. The van der Waals surface area contributed by atoms with Crippen molar-refractivity contribution < 1.29 is 27.6 Å². The minimum Gasteiger partial charge on any atom is -0.699 e. The minimum atomic E-state index is -4.38. The first-order valence-electron chi connectivity index (χ1n) is 12.8. The van der Waals surface area contributed by atoms with Crippen molar-refractivity contribution in [2.45, 2.75) is 26.1 Å². The number of anilines is 1. The van der Waals surface area contributed by atoms with Gasteiger partial charge in [-0.05, 0) is 59.9 Å². The highest BCUT2D eigenvalue weighted by atomic mass is 19.4. The molecule has 0 spiro atoms. The molecule has 41 heavy (non-hydrogen) atoms. The van der Waals surface area contributed by atoms with E-state index in [0.717, 1.165) is 30.7 Å². The van der Waals surface area contributed by atoms with Gasteiger partial charge in [-0.3, -0.25) is 10.1 Å². The summed E-state index contributed by atoms with van der Waals surface area (Å²) in [5.74, 6) is -0.493. The molecule has 212 valence electrons. The molecule has 7 nitrogen and oxygen atoms in total. The van der Waals surface area contributed by atoms with Crippen molar-refractivity contribution >= 4 is 23.0 Å². The molecule has 1 N–H and O–H groups in total. The fourth-order valence-electron chi connectivity index (χ4n) is 4.61. The van der Waals surface area contributed by atoms with E-state index in [1.807, 2.05) is 23.1 Å². The number of nitro benzene ring substituents is 1. The first-order valence-corrected chi connectivity index (χ1v) is 12.8. The molecule has 0 aromatic heterocycles. The van der Waals surface area contributed by atoms with Gasteiger partial charge >= 0.3 is 12.1 Å². The molecule has 1 aliphatic heterocycles. The van der Waals surface area contributed by atoms with Gasteiger partial charge in [0.05, 0.1) is 22.7 Å². The lowest BCUT2D eigenvalue weighted by Crippen LogP contribution is -2.30. The summed E-state index contributed by atoms with van der Waals surface area (Å²) in [6, 6.07) is 23.8. The molecule has 0 saturated carbocycles. The molecule has 0 bridgehead atoms. The largest absolute Gasteiger partial charge is 0.699 e. The van der Waals surface area contributed by atoms with E-state index in [1.54, 1.807) is 49.4 Å². The maximum absolute atomic E-state index is 12.6. The van der Waals surface area contributed by atoms with Crippen LogP contribution in [0.3, 0.4) is 0 Å². The number of benzene rings is 4. The lowest BCUT2D eigenvalue weighted by molar-refractivity contribution is -0.384. The van der Waals surface area contributed by atoms with E-state index >= 15 is 0 Å². The van der Waals surface area contributed by atoms with E-state index in [9.17, 15) is 28.1 Å². The van der Waals surface area contributed by atoms with Gasteiger partial charge in [0.25, 0.3) is 5.69 Å². The second kappa shape index (κ2) is 12.5. The molecule has 4 aromatic carbocycles. The number of fused-ring (bicyclic) bond motifs is 1. The zero-order chi connectivity index (χ0) is 29.6. The summed E-state index contributed by atoms with van der Waals surface area (Å²) in [7, 11) is 0. The Morgan fingerprint density at radius 3 is 2.34 bits per heavy atom. The van der Waals surface area contributed by atoms with Crippen molar-refractivity contribution in [2.75, 3.05) is 18.1 Å². The standard InChI is InChI=1S/C16H13F3O2.C15H14N3O2/c1-2-21-15(20)14-6-4-3-5-13(14)11-7-9-12(10-8-11)16(17,18)19;16-13-6-5-12-10-17(8-7-11(12)9-13)14-3-1-2-4-15(14)18(19)20/h3-10H,2H2,1H3;1-6,9,16H,7-8,10H2/q;-1. The van der Waals surface area contributed by atoms with Crippen LogP contribution in [-0.2, 0) is 23.9 Å². The normalized spacial score (nSPS) is 12.5. The SMILES string of the molecule is CCOC(=O)c1ccccc1-c1ccc(C(F)(F)F)cc1.[NH-]c1ccc2c(c1)CCN(c1ccccc1[N+](=O)[O-])C2. The van der Waals surface area contributed by atoms with Gasteiger partial charge in [-0.15, -0.1) is 5.69 Å². The average Bonchev–Trinajstić information content (AvgIpc) is 2.97. The van der Waals surface area contributed by atoms with Gasteiger partial charge < -0.3 is 15.4 Å². The fourth-order valence-corrected chi connectivity index (χ4v) is 4.61. The van der Waals surface area contributed by atoms with Crippen molar-refractivity contribution in [2.24, 2.45) is 0 Å². The summed E-state index contributed by atoms with van der Waals surface area (Å²) in [6.45, 7) is 3.32. The number of nitro groups is 1. The molecular formula is C31H27F3N3O4-. The maximum Gasteiger partial charge on any atom is 0.416 e. The van der Waals surface area contributed by atoms with Crippen LogP contribution in [0.2, 0.25) is 0 Å². The zero-order valence-corrected chi connectivity index (χ0v) is 22.1. The smallest absolute Gasteiger partial charge is 0.416 e. The highest BCUT2D eigenvalue weighted by Crippen LogP contribution is 2.33. The van der Waals surface area contributed by atoms with E-state index in [2.05, 4.69) is 0 Å². The molecule has 5 rings (SSSR count). The lowest BCUT2D eigenvalue weighted by atomic mass is 9.98. The van der Waals surface area contributed by atoms with E-state index < -0.39 is 17.7 Å². The molecule has 1 aliphatic rings. The van der Waals surface area contributed by atoms with Crippen molar-refractivity contribution in [3.05, 3.63) is 129 Å². The molecule has 4 aromatic rings. The molecule has 0 atom stereocenters. The van der Waals surface area contributed by atoms with Gasteiger partial charge in [0.15, 0.2) is 0 Å². The number of esters is 1. The summed E-state index contributed by atoms with van der Waals surface area (Å²) in [4.78, 5) is 24.7. The number of para-hydroxylation sites is 2. The van der Waals surface area contributed by atoms with Crippen LogP contribution in [0.15, 0.2) is 91.0 Å². The Labute approximate surface area is 235 Å². The number of hydrogen-bond donors (Lipinski definition) is 0. The van der Waals surface area contributed by atoms with Gasteiger partial charge in [-0.25, -0.2) is 4.79 Å². The number of alkyl halides is 3. The molecule has 0 amide bonds. The van der Waals surface area contributed by atoms with Gasteiger partial charge in [0, 0.05) is 19.2 Å². The second-order valence-corrected chi connectivity index (χ2v) is 9.24. The number of halogens is 3. The number of hydrogen-bond acceptors (Lipinski definition) is 5. The molecular weight excluding hydrogens is 535 g/mol. The Morgan fingerprint density at radius 1 is 0.976 bits per heavy atom. The molecule has 0 unspecified atom stereocenters. The van der Waals surface area contributed by atoms with E-state index in [1.165, 1.54) is 23.8 Å². The van der Waals surface area contributed by atoms with E-state index in [4.69, 9.17) is 10.5 Å². The predicted octanol–water partition coefficient (Wildman–Crippen LogP) is 8.39. The summed E-state index contributed by atoms with van der Waals surface area (Å²) >= 11 is 0. The van der Waals surface area contributed by atoms with Crippen molar-refractivity contribution in [3.8, 4) is 11.1 Å². The monoisotopic (exact) mass is 562 g/mol. The Kier molecular flexibility index (Phi) is 8.91. The van der Waals surface area contributed by atoms with Crippen LogP contribution in [-0.4, -0.2) is 24.0 Å². The molecule has 0 aliphatic carbocycles. The maximum atomic E-state index is 12.6. The molecule has 0 fully saturated rings. The fraction of sp³-hybridized carbons (Fsp3) is 0.194. The van der Waals surface area contributed by atoms with Crippen molar-refractivity contribution in [1.29, 1.82) is 0 Å². The third kappa shape index (κ3) is 7.02. The Balaban J connectivity index is 0.000000189. The molecule has 0 saturated heterocycles. The van der Waals surface area contributed by atoms with Crippen LogP contribution in [0.4, 0.5) is 30.2 Å². The minimum absolute atomic E-state index is 0.146. The number of carbonyl (C=O) groups is 1. The number of nitrogens with one attached hydrogen (secondary N) is 1. The zero-order valence-electron chi connectivity index (χ0n) is 22.1. The highest BCUT2D eigenvalue weighted by molar-refractivity contribution is 5.97. The number of carbonyl (C=O) groups excluding carboxylic acids is 1. The summed E-state index contributed by atoms with van der Waals surface area (Å²) in [5, 5.41) is 11.1. The first kappa shape index (κ1) is 29.1. The molecule has 1 heterocycles. The quantitative estimate of drug-likeness (QED) is 0.138. The van der Waals surface area contributed by atoms with Gasteiger partial charge in [-0.1, -0.05) is 60.7 Å². The Bertz CT molecular complexity index is 1540. The van der Waals surface area contributed by atoms with Crippen LogP contribution in [0.1, 0.15) is 34.0 Å². The van der Waals surface area contributed by atoms with E-state index in [-0.39, 0.29) is 17.2 Å². The summed E-state index contributed by atoms with van der Waals surface area (Å²) < 4.78 is 42.6. The third-order valence-corrected chi connectivity index (χ3v) is 6.58. The highest BCUT2D eigenvalue weighted by Gasteiger charge is 2.30. The summed E-state index contributed by atoms with van der Waals surface area (Å²) in [5.41, 5.74) is 12.0. The van der Waals surface area contributed by atoms with Crippen LogP contribution >= 0.6 is 0 Å². The van der Waals surface area contributed by atoms with Gasteiger partial charge in [0.1, 0.15) is 5.69 Å². The summed E-state index contributed by atoms with van der Waals surface area (Å²) in [6.07, 6.45) is -3.56.